The van der Waals surface area contributed by atoms with Gasteiger partial charge in [0.1, 0.15) is 12.2 Å². The molecule has 2 saturated carbocycles. The molecule has 2 aromatic rings. The molecule has 3 fully saturated rings. The van der Waals surface area contributed by atoms with Crippen LogP contribution in [0.1, 0.15) is 67.2 Å². The van der Waals surface area contributed by atoms with Crippen LogP contribution in [-0.4, -0.2) is 43.6 Å². The highest BCUT2D eigenvalue weighted by atomic mass is 19.1. The normalized spacial score (nSPS) is 24.0. The average molecular weight is 383 g/mol. The van der Waals surface area contributed by atoms with Gasteiger partial charge in [-0.2, -0.15) is 0 Å². The van der Waals surface area contributed by atoms with Crippen molar-refractivity contribution in [2.75, 3.05) is 13.1 Å². The predicted octanol–water partition coefficient (Wildman–Crippen LogP) is 3.41. The van der Waals surface area contributed by atoms with E-state index in [0.29, 0.717) is 13.1 Å². The molecule has 1 saturated heterocycles. The highest BCUT2D eigenvalue weighted by Gasteiger charge is 2.51. The van der Waals surface area contributed by atoms with Crippen LogP contribution in [0.15, 0.2) is 24.7 Å². The summed E-state index contributed by atoms with van der Waals surface area (Å²) in [6.45, 7) is 2.19. The first-order valence-electron chi connectivity index (χ1n) is 10.4. The Hall–Kier alpha value is -2.31. The van der Waals surface area contributed by atoms with Crippen LogP contribution >= 0.6 is 0 Å². The van der Waals surface area contributed by atoms with Crippen molar-refractivity contribution in [3.63, 3.8) is 0 Å². The number of halogens is 1. The van der Waals surface area contributed by atoms with Gasteiger partial charge in [-0.05, 0) is 49.1 Å². The third-order valence-electron chi connectivity index (χ3n) is 6.85. The van der Waals surface area contributed by atoms with E-state index in [1.54, 1.807) is 4.90 Å². The Morgan fingerprint density at radius 3 is 2.82 bits per heavy atom. The first-order chi connectivity index (χ1) is 13.7. The number of carbonyl (C=O) groups is 1. The van der Waals surface area contributed by atoms with Crippen LogP contribution in [0.3, 0.4) is 0 Å². The Labute approximate surface area is 164 Å². The lowest BCUT2D eigenvalue weighted by Gasteiger charge is -2.37. The van der Waals surface area contributed by atoms with Crippen molar-refractivity contribution in [1.29, 1.82) is 0 Å². The van der Waals surface area contributed by atoms with Crippen LogP contribution in [0.4, 0.5) is 4.39 Å². The number of hydrogen-bond acceptors (Lipinski definition) is 4. The number of rotatable bonds is 4. The summed E-state index contributed by atoms with van der Waals surface area (Å²) in [5.74, 6) is 1.04. The first kappa shape index (κ1) is 17.8. The third-order valence-corrected chi connectivity index (χ3v) is 6.85. The van der Waals surface area contributed by atoms with Crippen LogP contribution in [0, 0.1) is 17.2 Å². The molecular formula is C21H26FN5O. The maximum atomic E-state index is 14.2. The third kappa shape index (κ3) is 3.10. The van der Waals surface area contributed by atoms with E-state index in [4.69, 9.17) is 0 Å². The minimum atomic E-state index is -0.550. The van der Waals surface area contributed by atoms with E-state index in [0.717, 1.165) is 31.1 Å². The zero-order valence-electron chi connectivity index (χ0n) is 16.1. The highest BCUT2D eigenvalue weighted by molar-refractivity contribution is 5.92. The molecular weight excluding hydrogens is 357 g/mol. The zero-order chi connectivity index (χ0) is 19.1. The molecule has 2 aromatic heterocycles. The van der Waals surface area contributed by atoms with Crippen LogP contribution < -0.4 is 0 Å². The second kappa shape index (κ2) is 6.94. The molecule has 3 heterocycles. The van der Waals surface area contributed by atoms with E-state index >= 15 is 0 Å². The quantitative estimate of drug-likeness (QED) is 0.812. The molecule has 1 amide bonds. The van der Waals surface area contributed by atoms with Crippen LogP contribution in [-0.2, 0) is 6.54 Å². The second-order valence-electron chi connectivity index (χ2n) is 8.78. The largest absolute Gasteiger partial charge is 0.336 e. The van der Waals surface area contributed by atoms with Gasteiger partial charge in [-0.3, -0.25) is 4.79 Å². The number of amides is 1. The SMILES string of the molecule is O=C(c1ncccc1F)N1CC(c2nncn2CC2CC2)C2(CCCCC2)C1. The van der Waals surface area contributed by atoms with E-state index in [9.17, 15) is 9.18 Å². The van der Waals surface area contributed by atoms with Gasteiger partial charge >= 0.3 is 0 Å². The van der Waals surface area contributed by atoms with Crippen LogP contribution in [0.5, 0.6) is 0 Å². The molecule has 6 nitrogen and oxygen atoms in total. The lowest BCUT2D eigenvalue weighted by Crippen LogP contribution is -2.35. The van der Waals surface area contributed by atoms with Crippen LogP contribution in [0.25, 0.3) is 0 Å². The summed E-state index contributed by atoms with van der Waals surface area (Å²) in [4.78, 5) is 18.9. The summed E-state index contributed by atoms with van der Waals surface area (Å²) in [7, 11) is 0. The Morgan fingerprint density at radius 1 is 1.25 bits per heavy atom. The summed E-state index contributed by atoms with van der Waals surface area (Å²) in [5.41, 5.74) is -0.0541. The zero-order valence-corrected chi connectivity index (χ0v) is 16.1. The van der Waals surface area contributed by atoms with Crippen molar-refractivity contribution in [3.8, 4) is 0 Å². The summed E-state index contributed by atoms with van der Waals surface area (Å²) in [5, 5.41) is 8.70. The van der Waals surface area contributed by atoms with Gasteiger partial charge in [0.2, 0.25) is 0 Å². The number of hydrogen-bond donors (Lipinski definition) is 0. The predicted molar refractivity (Wildman–Crippen MR) is 101 cm³/mol. The van der Waals surface area contributed by atoms with Crippen molar-refractivity contribution < 1.29 is 9.18 Å². The molecule has 148 valence electrons. The highest BCUT2D eigenvalue weighted by Crippen LogP contribution is 2.52. The van der Waals surface area contributed by atoms with E-state index in [2.05, 4.69) is 19.7 Å². The molecule has 5 rings (SSSR count). The fraction of sp³-hybridized carbons (Fsp3) is 0.619. The van der Waals surface area contributed by atoms with Crippen molar-refractivity contribution in [1.82, 2.24) is 24.6 Å². The fourth-order valence-corrected chi connectivity index (χ4v) is 5.19. The van der Waals surface area contributed by atoms with Gasteiger partial charge in [0.25, 0.3) is 5.91 Å². The van der Waals surface area contributed by atoms with Gasteiger partial charge < -0.3 is 9.47 Å². The van der Waals surface area contributed by atoms with Gasteiger partial charge in [-0.25, -0.2) is 9.37 Å². The molecule has 1 aliphatic heterocycles. The Morgan fingerprint density at radius 2 is 2.07 bits per heavy atom. The average Bonchev–Trinajstić information content (AvgIpc) is 3.29. The number of likely N-dealkylation sites (tertiary alicyclic amines) is 1. The molecule has 1 spiro atoms. The van der Waals surface area contributed by atoms with Crippen molar-refractivity contribution >= 4 is 5.91 Å². The molecule has 0 bridgehead atoms. The molecule has 2 aliphatic carbocycles. The minimum absolute atomic E-state index is 0.0213. The Balaban J connectivity index is 1.46. The topological polar surface area (TPSA) is 63.9 Å². The molecule has 0 N–H and O–H groups in total. The summed E-state index contributed by atoms with van der Waals surface area (Å²) in [6, 6.07) is 2.82. The van der Waals surface area contributed by atoms with Crippen molar-refractivity contribution in [3.05, 3.63) is 42.0 Å². The van der Waals surface area contributed by atoms with Gasteiger partial charge in [0.05, 0.1) is 0 Å². The van der Waals surface area contributed by atoms with Gasteiger partial charge in [-0.1, -0.05) is 19.3 Å². The first-order valence-corrected chi connectivity index (χ1v) is 10.4. The second-order valence-corrected chi connectivity index (χ2v) is 8.78. The molecule has 1 unspecified atom stereocenters. The Kier molecular flexibility index (Phi) is 4.40. The number of pyridine rings is 1. The summed E-state index contributed by atoms with van der Waals surface area (Å²) < 4.78 is 16.4. The summed E-state index contributed by atoms with van der Waals surface area (Å²) in [6.07, 6.45) is 11.6. The molecule has 1 atom stereocenters. The maximum absolute atomic E-state index is 14.2. The van der Waals surface area contributed by atoms with E-state index in [-0.39, 0.29) is 22.9 Å². The monoisotopic (exact) mass is 383 g/mol. The van der Waals surface area contributed by atoms with Crippen molar-refractivity contribution in [2.24, 2.45) is 11.3 Å². The van der Waals surface area contributed by atoms with E-state index < -0.39 is 5.82 Å². The maximum Gasteiger partial charge on any atom is 0.275 e. The minimum Gasteiger partial charge on any atom is -0.336 e. The molecule has 3 aliphatic rings. The lowest BCUT2D eigenvalue weighted by molar-refractivity contribution is 0.0747. The van der Waals surface area contributed by atoms with E-state index in [1.807, 2.05) is 6.33 Å². The van der Waals surface area contributed by atoms with Crippen LogP contribution in [0.2, 0.25) is 0 Å². The lowest BCUT2D eigenvalue weighted by atomic mass is 9.67. The molecule has 0 aromatic carbocycles. The number of aromatic nitrogens is 4. The molecule has 28 heavy (non-hydrogen) atoms. The van der Waals surface area contributed by atoms with E-state index in [1.165, 1.54) is 50.4 Å². The molecule has 0 radical (unpaired) electrons. The van der Waals surface area contributed by atoms with Gasteiger partial charge in [0, 0.05) is 31.7 Å². The van der Waals surface area contributed by atoms with Gasteiger partial charge in [-0.15, -0.1) is 10.2 Å². The van der Waals surface area contributed by atoms with Crippen molar-refractivity contribution in [2.45, 2.75) is 57.4 Å². The fourth-order valence-electron chi connectivity index (χ4n) is 5.19. The standard InChI is InChI=1S/C21H26FN5O/c22-17-5-4-10-23-18(17)20(28)26-12-16(21(13-26)8-2-1-3-9-21)19-25-24-14-27(19)11-15-6-7-15/h4-5,10,14-16H,1-3,6-9,11-13H2. The number of nitrogens with zero attached hydrogens (tertiary/aromatic N) is 5. The molecule has 7 heteroatoms. The number of carbonyl (C=O) groups excluding carboxylic acids is 1. The smallest absolute Gasteiger partial charge is 0.275 e. The summed E-state index contributed by atoms with van der Waals surface area (Å²) >= 11 is 0. The Bertz CT molecular complexity index is 871. The van der Waals surface area contributed by atoms with Gasteiger partial charge in [0.15, 0.2) is 11.5 Å².